The van der Waals surface area contributed by atoms with E-state index in [0.717, 1.165) is 28.7 Å². The lowest BCUT2D eigenvalue weighted by Gasteiger charge is -2.19. The predicted octanol–water partition coefficient (Wildman–Crippen LogP) is 3.56. The Bertz CT molecular complexity index is 759. The van der Waals surface area contributed by atoms with Crippen LogP contribution in [-0.4, -0.2) is 22.0 Å². The Morgan fingerprint density at radius 1 is 1.00 bits per heavy atom. The Kier molecular flexibility index (Phi) is 4.47. The van der Waals surface area contributed by atoms with E-state index in [2.05, 4.69) is 32.4 Å². The number of hydrogen-bond acceptors (Lipinski definition) is 5. The van der Waals surface area contributed by atoms with E-state index >= 15 is 0 Å². The van der Waals surface area contributed by atoms with E-state index in [0.29, 0.717) is 6.54 Å². The molecule has 1 aromatic carbocycles. The first-order valence-electron chi connectivity index (χ1n) is 7.49. The molecule has 5 nitrogen and oxygen atoms in total. The van der Waals surface area contributed by atoms with Gasteiger partial charge in [-0.2, -0.15) is 0 Å². The highest BCUT2D eigenvalue weighted by atomic mass is 15.2. The largest absolute Gasteiger partial charge is 0.366 e. The van der Waals surface area contributed by atoms with Crippen LogP contribution in [0.3, 0.4) is 0 Å². The molecule has 0 fully saturated rings. The molecule has 0 radical (unpaired) electrons. The van der Waals surface area contributed by atoms with Gasteiger partial charge in [-0.25, -0.2) is 9.97 Å². The summed E-state index contributed by atoms with van der Waals surface area (Å²) in [5.41, 5.74) is 2.25. The monoisotopic (exact) mass is 305 g/mol. The molecule has 0 bridgehead atoms. The van der Waals surface area contributed by atoms with Gasteiger partial charge in [0.25, 0.3) is 0 Å². The predicted molar refractivity (Wildman–Crippen MR) is 92.8 cm³/mol. The molecular weight excluding hydrogens is 286 g/mol. The summed E-state index contributed by atoms with van der Waals surface area (Å²) in [4.78, 5) is 15.1. The first-order chi connectivity index (χ1) is 11.2. The molecule has 116 valence electrons. The summed E-state index contributed by atoms with van der Waals surface area (Å²) < 4.78 is 0. The number of benzene rings is 1. The number of aromatic nitrogens is 3. The van der Waals surface area contributed by atoms with E-state index in [9.17, 15) is 0 Å². The third-order valence-electron chi connectivity index (χ3n) is 3.53. The van der Waals surface area contributed by atoms with Crippen LogP contribution in [0.15, 0.2) is 60.9 Å². The molecule has 5 heteroatoms. The zero-order valence-electron chi connectivity index (χ0n) is 13.3. The highest BCUT2D eigenvalue weighted by molar-refractivity contribution is 5.61. The van der Waals surface area contributed by atoms with Crippen LogP contribution in [0, 0.1) is 6.92 Å². The van der Waals surface area contributed by atoms with Gasteiger partial charge in [-0.05, 0) is 36.8 Å². The number of para-hydroxylation sites is 1. The van der Waals surface area contributed by atoms with Gasteiger partial charge in [-0.1, -0.05) is 18.2 Å². The Labute approximate surface area is 136 Å². The van der Waals surface area contributed by atoms with Crippen molar-refractivity contribution in [3.05, 3.63) is 72.3 Å². The summed E-state index contributed by atoms with van der Waals surface area (Å²) in [5, 5.41) is 3.34. The molecule has 3 rings (SSSR count). The van der Waals surface area contributed by atoms with Crippen LogP contribution >= 0.6 is 0 Å². The normalized spacial score (nSPS) is 10.3. The van der Waals surface area contributed by atoms with Crippen LogP contribution in [0.4, 0.5) is 17.3 Å². The summed E-state index contributed by atoms with van der Waals surface area (Å²) in [6.07, 6.45) is 3.58. The standard InChI is InChI=1S/C18H19N5/c1-14-21-17(20-13-15-8-10-19-11-9-15)12-18(22-14)23(2)16-6-4-3-5-7-16/h3-12H,13H2,1-2H3,(H,20,21,22). The SMILES string of the molecule is Cc1nc(NCc2ccncc2)cc(N(C)c2ccccc2)n1. The van der Waals surface area contributed by atoms with Gasteiger partial charge in [-0.3, -0.25) is 4.98 Å². The van der Waals surface area contributed by atoms with E-state index in [-0.39, 0.29) is 0 Å². The number of rotatable bonds is 5. The van der Waals surface area contributed by atoms with Gasteiger partial charge in [0.2, 0.25) is 0 Å². The summed E-state index contributed by atoms with van der Waals surface area (Å²) in [6.45, 7) is 2.60. The van der Waals surface area contributed by atoms with Crippen molar-refractivity contribution in [2.75, 3.05) is 17.3 Å². The van der Waals surface area contributed by atoms with Crippen molar-refractivity contribution in [3.8, 4) is 0 Å². The van der Waals surface area contributed by atoms with Crippen molar-refractivity contribution in [2.24, 2.45) is 0 Å². The maximum Gasteiger partial charge on any atom is 0.138 e. The topological polar surface area (TPSA) is 53.9 Å². The molecule has 1 N–H and O–H groups in total. The minimum Gasteiger partial charge on any atom is -0.366 e. The molecule has 0 atom stereocenters. The van der Waals surface area contributed by atoms with Gasteiger partial charge in [0, 0.05) is 37.7 Å². The maximum atomic E-state index is 4.53. The summed E-state index contributed by atoms with van der Waals surface area (Å²) in [5.74, 6) is 2.41. The number of anilines is 3. The van der Waals surface area contributed by atoms with E-state index in [1.807, 2.05) is 55.3 Å². The van der Waals surface area contributed by atoms with E-state index < -0.39 is 0 Å². The van der Waals surface area contributed by atoms with Crippen molar-refractivity contribution in [1.29, 1.82) is 0 Å². The molecule has 0 saturated carbocycles. The molecule has 23 heavy (non-hydrogen) atoms. The van der Waals surface area contributed by atoms with Crippen molar-refractivity contribution >= 4 is 17.3 Å². The van der Waals surface area contributed by atoms with Crippen molar-refractivity contribution in [2.45, 2.75) is 13.5 Å². The van der Waals surface area contributed by atoms with Crippen LogP contribution in [0.25, 0.3) is 0 Å². The highest BCUT2D eigenvalue weighted by Crippen LogP contribution is 2.23. The van der Waals surface area contributed by atoms with E-state index in [1.165, 1.54) is 0 Å². The van der Waals surface area contributed by atoms with Crippen molar-refractivity contribution in [1.82, 2.24) is 15.0 Å². The number of pyridine rings is 1. The molecule has 2 heterocycles. The molecule has 2 aromatic heterocycles. The van der Waals surface area contributed by atoms with Gasteiger partial charge in [0.1, 0.15) is 17.5 Å². The molecule has 0 amide bonds. The fourth-order valence-electron chi connectivity index (χ4n) is 2.29. The third-order valence-corrected chi connectivity index (χ3v) is 3.53. The minimum atomic E-state index is 0.702. The Morgan fingerprint density at radius 2 is 1.74 bits per heavy atom. The molecule has 0 aliphatic heterocycles. The zero-order chi connectivity index (χ0) is 16.1. The first kappa shape index (κ1) is 15.0. The van der Waals surface area contributed by atoms with Gasteiger partial charge in [-0.15, -0.1) is 0 Å². The second-order valence-electron chi connectivity index (χ2n) is 5.26. The fourth-order valence-corrected chi connectivity index (χ4v) is 2.29. The Balaban J connectivity index is 1.79. The lowest BCUT2D eigenvalue weighted by Crippen LogP contribution is -2.13. The summed E-state index contributed by atoms with van der Waals surface area (Å²) >= 11 is 0. The zero-order valence-corrected chi connectivity index (χ0v) is 13.3. The highest BCUT2D eigenvalue weighted by Gasteiger charge is 2.08. The van der Waals surface area contributed by atoms with Crippen LogP contribution < -0.4 is 10.2 Å². The third kappa shape index (κ3) is 3.83. The number of aryl methyl sites for hydroxylation is 1. The minimum absolute atomic E-state index is 0.702. The van der Waals surface area contributed by atoms with Crippen molar-refractivity contribution < 1.29 is 0 Å². The fraction of sp³-hybridized carbons (Fsp3) is 0.167. The summed E-state index contributed by atoms with van der Waals surface area (Å²) in [7, 11) is 2.00. The van der Waals surface area contributed by atoms with Gasteiger partial charge < -0.3 is 10.2 Å². The first-order valence-corrected chi connectivity index (χ1v) is 7.49. The Morgan fingerprint density at radius 3 is 2.48 bits per heavy atom. The van der Waals surface area contributed by atoms with E-state index in [4.69, 9.17) is 0 Å². The van der Waals surface area contributed by atoms with Crippen LogP contribution in [-0.2, 0) is 6.54 Å². The quantitative estimate of drug-likeness (QED) is 0.781. The molecule has 0 aliphatic carbocycles. The molecule has 0 unspecified atom stereocenters. The van der Waals surface area contributed by atoms with Gasteiger partial charge in [0.15, 0.2) is 0 Å². The molecule has 0 saturated heterocycles. The lowest BCUT2D eigenvalue weighted by molar-refractivity contribution is 0.994. The van der Waals surface area contributed by atoms with Gasteiger partial charge >= 0.3 is 0 Å². The van der Waals surface area contributed by atoms with Crippen LogP contribution in [0.5, 0.6) is 0 Å². The molecule has 0 spiro atoms. The van der Waals surface area contributed by atoms with Gasteiger partial charge in [0.05, 0.1) is 0 Å². The van der Waals surface area contributed by atoms with Crippen LogP contribution in [0.2, 0.25) is 0 Å². The lowest BCUT2D eigenvalue weighted by atomic mass is 10.2. The average Bonchev–Trinajstić information content (AvgIpc) is 2.60. The maximum absolute atomic E-state index is 4.53. The Hall–Kier alpha value is -2.95. The molecule has 3 aromatic rings. The number of nitrogens with zero attached hydrogens (tertiary/aromatic N) is 4. The van der Waals surface area contributed by atoms with E-state index in [1.54, 1.807) is 12.4 Å². The summed E-state index contributed by atoms with van der Waals surface area (Å²) in [6, 6.07) is 16.1. The second-order valence-corrected chi connectivity index (χ2v) is 5.26. The smallest absolute Gasteiger partial charge is 0.138 e. The molecular formula is C18H19N5. The van der Waals surface area contributed by atoms with Crippen molar-refractivity contribution in [3.63, 3.8) is 0 Å². The number of hydrogen-bond donors (Lipinski definition) is 1. The second kappa shape index (κ2) is 6.87. The van der Waals surface area contributed by atoms with Crippen LogP contribution in [0.1, 0.15) is 11.4 Å². The average molecular weight is 305 g/mol. The number of nitrogens with one attached hydrogen (secondary N) is 1. The molecule has 0 aliphatic rings.